The van der Waals surface area contributed by atoms with Gasteiger partial charge in [0.25, 0.3) is 0 Å². The third kappa shape index (κ3) is 3.75. The van der Waals surface area contributed by atoms with Gasteiger partial charge in [0, 0.05) is 12.6 Å². The molecule has 0 spiro atoms. The van der Waals surface area contributed by atoms with Crippen LogP contribution in [0.4, 0.5) is 0 Å². The van der Waals surface area contributed by atoms with Gasteiger partial charge in [-0.15, -0.1) is 0 Å². The largest absolute Gasteiger partial charge is 0.476 e. The van der Waals surface area contributed by atoms with Crippen LogP contribution < -0.4 is 4.72 Å². The lowest BCUT2D eigenvalue weighted by molar-refractivity contribution is 0.0686. The fourth-order valence-electron chi connectivity index (χ4n) is 1.55. The minimum Gasteiger partial charge on any atom is -0.476 e. The van der Waals surface area contributed by atoms with Crippen LogP contribution in [0.5, 0.6) is 0 Å². The molecule has 8 nitrogen and oxygen atoms in total. The number of ether oxygens (including phenoxy) is 1. The van der Waals surface area contributed by atoms with Crippen molar-refractivity contribution >= 4 is 16.0 Å². The molecule has 0 fully saturated rings. The molecule has 0 aliphatic heterocycles. The second-order valence-electron chi connectivity index (χ2n) is 4.01. The maximum Gasteiger partial charge on any atom is 0.357 e. The van der Waals surface area contributed by atoms with E-state index in [9.17, 15) is 13.2 Å². The van der Waals surface area contributed by atoms with Crippen LogP contribution in [-0.2, 0) is 14.8 Å². The minimum atomic E-state index is -3.96. The summed E-state index contributed by atoms with van der Waals surface area (Å²) in [6.07, 6.45) is 0. The number of aromatic amines is 1. The summed E-state index contributed by atoms with van der Waals surface area (Å²) in [7, 11) is -3.96. The number of sulfonamides is 1. The van der Waals surface area contributed by atoms with Gasteiger partial charge in [0.05, 0.1) is 12.3 Å². The van der Waals surface area contributed by atoms with Crippen molar-refractivity contribution in [2.45, 2.75) is 31.7 Å². The zero-order chi connectivity index (χ0) is 14.6. The zero-order valence-electron chi connectivity index (χ0n) is 10.9. The number of nitrogens with one attached hydrogen (secondary N) is 2. The van der Waals surface area contributed by atoms with Crippen molar-refractivity contribution in [2.24, 2.45) is 0 Å². The summed E-state index contributed by atoms with van der Waals surface area (Å²) in [5, 5.41) is 14.8. The van der Waals surface area contributed by atoms with E-state index >= 15 is 0 Å². The smallest absolute Gasteiger partial charge is 0.357 e. The quantitative estimate of drug-likeness (QED) is 0.656. The van der Waals surface area contributed by atoms with Crippen LogP contribution in [0.1, 0.15) is 30.0 Å². The molecule has 0 aliphatic rings. The van der Waals surface area contributed by atoms with Gasteiger partial charge in [0.15, 0.2) is 5.69 Å². The number of H-pyrrole nitrogens is 1. The number of hydrogen-bond acceptors (Lipinski definition) is 5. The van der Waals surface area contributed by atoms with Crippen molar-refractivity contribution in [2.75, 3.05) is 13.2 Å². The van der Waals surface area contributed by atoms with Gasteiger partial charge in [-0.25, -0.2) is 17.9 Å². The van der Waals surface area contributed by atoms with E-state index in [1.54, 1.807) is 13.8 Å². The Morgan fingerprint density at radius 1 is 1.58 bits per heavy atom. The van der Waals surface area contributed by atoms with Crippen LogP contribution in [-0.4, -0.2) is 48.9 Å². The molecule has 0 bridgehead atoms. The van der Waals surface area contributed by atoms with E-state index in [4.69, 9.17) is 9.84 Å². The molecule has 1 heterocycles. The molecule has 0 radical (unpaired) electrons. The van der Waals surface area contributed by atoms with Crippen LogP contribution >= 0.6 is 0 Å². The maximum absolute atomic E-state index is 12.1. The Morgan fingerprint density at radius 3 is 2.74 bits per heavy atom. The lowest BCUT2D eigenvalue weighted by atomic mass is 10.4. The molecule has 0 aromatic carbocycles. The third-order valence-electron chi connectivity index (χ3n) is 2.29. The van der Waals surface area contributed by atoms with E-state index in [-0.39, 0.29) is 17.2 Å². The van der Waals surface area contributed by atoms with Crippen molar-refractivity contribution in [1.29, 1.82) is 0 Å². The number of carboxylic acids is 1. The van der Waals surface area contributed by atoms with Gasteiger partial charge < -0.3 is 9.84 Å². The Kier molecular flexibility index (Phi) is 5.04. The van der Waals surface area contributed by atoms with Gasteiger partial charge in [0.2, 0.25) is 10.0 Å². The van der Waals surface area contributed by atoms with Gasteiger partial charge in [-0.3, -0.25) is 5.10 Å². The number of aromatic carboxylic acids is 1. The number of hydrogen-bond donors (Lipinski definition) is 3. The molecule has 1 atom stereocenters. The van der Waals surface area contributed by atoms with Gasteiger partial charge >= 0.3 is 5.97 Å². The molecule has 1 aromatic heterocycles. The van der Waals surface area contributed by atoms with Crippen LogP contribution in [0, 0.1) is 6.92 Å². The molecule has 1 aromatic rings. The van der Waals surface area contributed by atoms with Gasteiger partial charge in [-0.05, 0) is 20.8 Å². The van der Waals surface area contributed by atoms with Crippen molar-refractivity contribution < 1.29 is 23.1 Å². The number of carbonyl (C=O) groups is 1. The van der Waals surface area contributed by atoms with Crippen LogP contribution in [0.15, 0.2) is 4.90 Å². The Labute approximate surface area is 111 Å². The van der Waals surface area contributed by atoms with Crippen molar-refractivity contribution in [1.82, 2.24) is 14.9 Å². The van der Waals surface area contributed by atoms with Crippen LogP contribution in [0.2, 0.25) is 0 Å². The summed E-state index contributed by atoms with van der Waals surface area (Å²) >= 11 is 0. The summed E-state index contributed by atoms with van der Waals surface area (Å²) < 4.78 is 31.7. The standard InChI is InChI=1S/C10H17N3O5S/c1-4-18-5-6(2)13-19(16,17)9-7(3)11-12-8(9)10(14)15/h6,13H,4-5H2,1-3H3,(H,11,12)(H,14,15). The molecule has 3 N–H and O–H groups in total. The molecule has 9 heteroatoms. The summed E-state index contributed by atoms with van der Waals surface area (Å²) in [4.78, 5) is 10.6. The summed E-state index contributed by atoms with van der Waals surface area (Å²) in [5.74, 6) is -1.40. The Hall–Kier alpha value is -1.45. The normalized spacial score (nSPS) is 13.4. The van der Waals surface area contributed by atoms with Crippen molar-refractivity contribution in [3.8, 4) is 0 Å². The molecule has 1 rings (SSSR count). The molecule has 19 heavy (non-hydrogen) atoms. The van der Waals surface area contributed by atoms with E-state index in [2.05, 4.69) is 14.9 Å². The van der Waals surface area contributed by atoms with E-state index in [1.165, 1.54) is 6.92 Å². The Balaban J connectivity index is 3.01. The monoisotopic (exact) mass is 291 g/mol. The van der Waals surface area contributed by atoms with Crippen LogP contribution in [0.25, 0.3) is 0 Å². The predicted octanol–water partition coefficient (Wildman–Crippen LogP) is 0.120. The van der Waals surface area contributed by atoms with Gasteiger partial charge in [-0.1, -0.05) is 0 Å². The molecule has 0 saturated carbocycles. The predicted molar refractivity (Wildman–Crippen MR) is 66.6 cm³/mol. The van der Waals surface area contributed by atoms with E-state index in [1.807, 2.05) is 0 Å². The first-order chi connectivity index (χ1) is 8.79. The molecule has 0 aliphatic carbocycles. The average molecular weight is 291 g/mol. The summed E-state index contributed by atoms with van der Waals surface area (Å²) in [6.45, 7) is 5.54. The first kappa shape index (κ1) is 15.6. The van der Waals surface area contributed by atoms with Gasteiger partial charge in [-0.2, -0.15) is 5.10 Å². The highest BCUT2D eigenvalue weighted by Crippen LogP contribution is 2.17. The van der Waals surface area contributed by atoms with Crippen molar-refractivity contribution in [3.05, 3.63) is 11.4 Å². The molecule has 108 valence electrons. The summed E-state index contributed by atoms with van der Waals surface area (Å²) in [6, 6.07) is -0.471. The van der Waals surface area contributed by atoms with E-state index < -0.39 is 27.7 Å². The number of carboxylic acid groups (broad SMARTS) is 1. The first-order valence-electron chi connectivity index (χ1n) is 5.68. The molecule has 1 unspecified atom stereocenters. The molecule has 0 saturated heterocycles. The summed E-state index contributed by atoms with van der Waals surface area (Å²) in [5.41, 5.74) is -0.345. The molecular weight excluding hydrogens is 274 g/mol. The molecule has 0 amide bonds. The second kappa shape index (κ2) is 6.13. The third-order valence-corrected chi connectivity index (χ3v) is 4.04. The lowest BCUT2D eigenvalue weighted by Gasteiger charge is -2.13. The Bertz CT molecular complexity index is 552. The number of aryl methyl sites for hydroxylation is 1. The minimum absolute atomic E-state index is 0.175. The maximum atomic E-state index is 12.1. The SMILES string of the molecule is CCOCC(C)NS(=O)(=O)c1c(C(=O)O)n[nH]c1C. The molecular formula is C10H17N3O5S. The number of nitrogens with zero attached hydrogens (tertiary/aromatic N) is 1. The Morgan fingerprint density at radius 2 is 2.21 bits per heavy atom. The van der Waals surface area contributed by atoms with E-state index in [0.717, 1.165) is 0 Å². The second-order valence-corrected chi connectivity index (χ2v) is 5.66. The van der Waals surface area contributed by atoms with Crippen LogP contribution in [0.3, 0.4) is 0 Å². The topological polar surface area (TPSA) is 121 Å². The van der Waals surface area contributed by atoms with E-state index in [0.29, 0.717) is 6.61 Å². The highest BCUT2D eigenvalue weighted by molar-refractivity contribution is 7.89. The fourth-order valence-corrected chi connectivity index (χ4v) is 3.10. The first-order valence-corrected chi connectivity index (χ1v) is 7.16. The van der Waals surface area contributed by atoms with Crippen molar-refractivity contribution in [3.63, 3.8) is 0 Å². The lowest BCUT2D eigenvalue weighted by Crippen LogP contribution is -2.36. The highest BCUT2D eigenvalue weighted by atomic mass is 32.2. The number of aromatic nitrogens is 2. The highest BCUT2D eigenvalue weighted by Gasteiger charge is 2.29. The number of rotatable bonds is 7. The average Bonchev–Trinajstić information content (AvgIpc) is 2.68. The fraction of sp³-hybridized carbons (Fsp3) is 0.600. The van der Waals surface area contributed by atoms with Gasteiger partial charge in [0.1, 0.15) is 4.90 Å². The zero-order valence-corrected chi connectivity index (χ0v) is 11.7.